The van der Waals surface area contributed by atoms with E-state index >= 15 is 0 Å². The summed E-state index contributed by atoms with van der Waals surface area (Å²) in [5.41, 5.74) is 2.41. The molecule has 0 aliphatic heterocycles. The highest BCUT2D eigenvalue weighted by Crippen LogP contribution is 2.02. The average molecular weight is 224 g/mol. The highest BCUT2D eigenvalue weighted by molar-refractivity contribution is 5.08. The molecule has 0 aromatic carbocycles. The molecule has 0 aliphatic carbocycles. The molecular formula is C12H24N4. The number of hydrogen-bond acceptors (Lipinski definition) is 3. The van der Waals surface area contributed by atoms with Crippen LogP contribution in [-0.2, 0) is 6.54 Å². The molecule has 0 radical (unpaired) electrons. The summed E-state index contributed by atoms with van der Waals surface area (Å²) in [5.74, 6) is 0. The van der Waals surface area contributed by atoms with Crippen molar-refractivity contribution in [2.75, 3.05) is 33.7 Å². The van der Waals surface area contributed by atoms with E-state index in [1.54, 1.807) is 0 Å². The number of imidazole rings is 1. The van der Waals surface area contributed by atoms with E-state index in [1.165, 1.54) is 12.1 Å². The van der Waals surface area contributed by atoms with E-state index in [0.29, 0.717) is 0 Å². The summed E-state index contributed by atoms with van der Waals surface area (Å²) in [6.45, 7) is 8.44. The van der Waals surface area contributed by atoms with Crippen LogP contribution in [0.3, 0.4) is 0 Å². The van der Waals surface area contributed by atoms with E-state index in [0.717, 1.165) is 31.9 Å². The first-order valence-corrected chi connectivity index (χ1v) is 5.95. The fraction of sp³-hybridized carbons (Fsp3) is 0.750. The number of nitrogens with one attached hydrogen (secondary N) is 1. The number of rotatable bonds is 7. The quantitative estimate of drug-likeness (QED) is 0.703. The Hall–Kier alpha value is -0.870. The van der Waals surface area contributed by atoms with Crippen LogP contribution >= 0.6 is 0 Å². The lowest BCUT2D eigenvalue weighted by atomic mass is 10.3. The Balaban J connectivity index is 2.10. The molecule has 16 heavy (non-hydrogen) atoms. The molecule has 4 heteroatoms. The molecule has 0 atom stereocenters. The first kappa shape index (κ1) is 13.2. The van der Waals surface area contributed by atoms with Gasteiger partial charge in [-0.2, -0.15) is 0 Å². The number of aryl methyl sites for hydroxylation is 1. The van der Waals surface area contributed by atoms with Crippen molar-refractivity contribution in [2.24, 2.45) is 0 Å². The minimum absolute atomic E-state index is 1.01. The number of aromatic nitrogens is 2. The molecular weight excluding hydrogens is 200 g/mol. The Labute approximate surface area is 98.7 Å². The largest absolute Gasteiger partial charge is 0.333 e. The van der Waals surface area contributed by atoms with Gasteiger partial charge in [-0.25, -0.2) is 4.98 Å². The Morgan fingerprint density at radius 1 is 1.31 bits per heavy atom. The second-order valence-electron chi connectivity index (χ2n) is 4.52. The van der Waals surface area contributed by atoms with Crippen LogP contribution in [0, 0.1) is 13.8 Å². The van der Waals surface area contributed by atoms with Crippen LogP contribution in [0.15, 0.2) is 6.33 Å². The molecule has 1 aromatic rings. The first-order chi connectivity index (χ1) is 7.61. The lowest BCUT2D eigenvalue weighted by Gasteiger charge is -2.10. The van der Waals surface area contributed by atoms with Crippen LogP contribution in [0.5, 0.6) is 0 Å². The SMILES string of the molecule is Cc1ncn(CCNCCCN(C)C)c1C. The molecule has 4 nitrogen and oxygen atoms in total. The summed E-state index contributed by atoms with van der Waals surface area (Å²) in [4.78, 5) is 6.50. The molecule has 92 valence electrons. The van der Waals surface area contributed by atoms with Gasteiger partial charge in [0.25, 0.3) is 0 Å². The van der Waals surface area contributed by atoms with Crippen molar-refractivity contribution in [1.82, 2.24) is 19.8 Å². The van der Waals surface area contributed by atoms with Crippen molar-refractivity contribution < 1.29 is 0 Å². The third kappa shape index (κ3) is 4.33. The third-order valence-corrected chi connectivity index (χ3v) is 2.83. The van der Waals surface area contributed by atoms with Crippen LogP contribution in [0.1, 0.15) is 17.8 Å². The zero-order chi connectivity index (χ0) is 12.0. The van der Waals surface area contributed by atoms with E-state index in [9.17, 15) is 0 Å². The highest BCUT2D eigenvalue weighted by Gasteiger charge is 2.00. The Morgan fingerprint density at radius 2 is 2.06 bits per heavy atom. The molecule has 0 saturated heterocycles. The van der Waals surface area contributed by atoms with Gasteiger partial charge in [0.15, 0.2) is 0 Å². The fourth-order valence-electron chi connectivity index (χ4n) is 1.61. The Bertz CT molecular complexity index is 304. The molecule has 1 heterocycles. The van der Waals surface area contributed by atoms with Crippen LogP contribution in [0.2, 0.25) is 0 Å². The van der Waals surface area contributed by atoms with Crippen molar-refractivity contribution in [2.45, 2.75) is 26.8 Å². The van der Waals surface area contributed by atoms with Crippen LogP contribution < -0.4 is 5.32 Å². The minimum Gasteiger partial charge on any atom is -0.333 e. The maximum Gasteiger partial charge on any atom is 0.0951 e. The van der Waals surface area contributed by atoms with E-state index < -0.39 is 0 Å². The van der Waals surface area contributed by atoms with Crippen LogP contribution in [0.4, 0.5) is 0 Å². The molecule has 1 rings (SSSR count). The second kappa shape index (κ2) is 6.66. The first-order valence-electron chi connectivity index (χ1n) is 5.95. The lowest BCUT2D eigenvalue weighted by Crippen LogP contribution is -2.24. The summed E-state index contributed by atoms with van der Waals surface area (Å²) in [6, 6.07) is 0. The second-order valence-corrected chi connectivity index (χ2v) is 4.52. The van der Waals surface area contributed by atoms with Crippen molar-refractivity contribution in [3.05, 3.63) is 17.7 Å². The summed E-state index contributed by atoms with van der Waals surface area (Å²) >= 11 is 0. The molecule has 0 amide bonds. The zero-order valence-corrected chi connectivity index (χ0v) is 11.0. The standard InChI is InChI=1S/C12H24N4/c1-11-12(2)16(10-14-11)9-7-13-6-5-8-15(3)4/h10,13H,5-9H2,1-4H3. The summed E-state index contributed by atoms with van der Waals surface area (Å²) in [7, 11) is 4.22. The van der Waals surface area contributed by atoms with Crippen molar-refractivity contribution in [3.63, 3.8) is 0 Å². The Kier molecular flexibility index (Phi) is 5.49. The van der Waals surface area contributed by atoms with Gasteiger partial charge in [-0.15, -0.1) is 0 Å². The molecule has 1 aromatic heterocycles. The minimum atomic E-state index is 1.01. The van der Waals surface area contributed by atoms with Crippen molar-refractivity contribution >= 4 is 0 Å². The molecule has 0 unspecified atom stereocenters. The van der Waals surface area contributed by atoms with Crippen molar-refractivity contribution in [1.29, 1.82) is 0 Å². The van der Waals surface area contributed by atoms with Gasteiger partial charge in [-0.3, -0.25) is 0 Å². The van der Waals surface area contributed by atoms with Crippen LogP contribution in [0.25, 0.3) is 0 Å². The number of hydrogen-bond donors (Lipinski definition) is 1. The van der Waals surface area contributed by atoms with E-state index in [1.807, 2.05) is 6.33 Å². The lowest BCUT2D eigenvalue weighted by molar-refractivity contribution is 0.393. The van der Waals surface area contributed by atoms with Gasteiger partial charge < -0.3 is 14.8 Å². The van der Waals surface area contributed by atoms with E-state index in [2.05, 4.69) is 47.7 Å². The van der Waals surface area contributed by atoms with Crippen molar-refractivity contribution in [3.8, 4) is 0 Å². The highest BCUT2D eigenvalue weighted by atomic mass is 15.1. The van der Waals surface area contributed by atoms with Gasteiger partial charge in [0, 0.05) is 18.8 Å². The smallest absolute Gasteiger partial charge is 0.0951 e. The maximum absolute atomic E-state index is 4.28. The monoisotopic (exact) mass is 224 g/mol. The van der Waals surface area contributed by atoms with Gasteiger partial charge in [-0.05, 0) is 47.5 Å². The predicted molar refractivity (Wildman–Crippen MR) is 67.7 cm³/mol. The average Bonchev–Trinajstić information content (AvgIpc) is 2.54. The zero-order valence-electron chi connectivity index (χ0n) is 11.0. The topological polar surface area (TPSA) is 33.1 Å². The fourth-order valence-corrected chi connectivity index (χ4v) is 1.61. The summed E-state index contributed by atoms with van der Waals surface area (Å²) in [5, 5.41) is 3.45. The third-order valence-electron chi connectivity index (χ3n) is 2.83. The molecule has 0 aliphatic rings. The Morgan fingerprint density at radius 3 is 2.62 bits per heavy atom. The van der Waals surface area contributed by atoms with Gasteiger partial charge >= 0.3 is 0 Å². The molecule has 0 bridgehead atoms. The molecule has 1 N–H and O–H groups in total. The van der Waals surface area contributed by atoms with E-state index in [4.69, 9.17) is 0 Å². The molecule has 0 fully saturated rings. The number of nitrogens with zero attached hydrogens (tertiary/aromatic N) is 3. The van der Waals surface area contributed by atoms with Gasteiger partial charge in [0.1, 0.15) is 0 Å². The summed E-state index contributed by atoms with van der Waals surface area (Å²) < 4.78 is 2.20. The normalized spacial score (nSPS) is 11.3. The molecule has 0 saturated carbocycles. The maximum atomic E-state index is 4.28. The van der Waals surface area contributed by atoms with Gasteiger partial charge in [0.2, 0.25) is 0 Å². The summed E-state index contributed by atoms with van der Waals surface area (Å²) in [6.07, 6.45) is 3.13. The van der Waals surface area contributed by atoms with Gasteiger partial charge in [0.05, 0.1) is 12.0 Å². The van der Waals surface area contributed by atoms with E-state index in [-0.39, 0.29) is 0 Å². The molecule has 0 spiro atoms. The van der Waals surface area contributed by atoms with Gasteiger partial charge in [-0.1, -0.05) is 0 Å². The predicted octanol–water partition coefficient (Wildman–Crippen LogP) is 1.04. The van der Waals surface area contributed by atoms with Crippen LogP contribution in [-0.4, -0.2) is 48.2 Å².